The molecule has 0 saturated carbocycles. The number of fused-ring (bicyclic) bond motifs is 1. The van der Waals surface area contributed by atoms with E-state index in [0.717, 1.165) is 17.7 Å². The van der Waals surface area contributed by atoms with Crippen molar-refractivity contribution in [1.29, 1.82) is 0 Å². The highest BCUT2D eigenvalue weighted by atomic mass is 35.5. The predicted molar refractivity (Wildman–Crippen MR) is 178 cm³/mol. The van der Waals surface area contributed by atoms with Gasteiger partial charge in [0.25, 0.3) is 0 Å². The summed E-state index contributed by atoms with van der Waals surface area (Å²) in [6.07, 6.45) is 0.502. The third-order valence-corrected chi connectivity index (χ3v) is 8.29. The van der Waals surface area contributed by atoms with Crippen LogP contribution in [-0.2, 0) is 9.53 Å². The Labute approximate surface area is 272 Å². The van der Waals surface area contributed by atoms with Crippen LogP contribution in [0.25, 0.3) is 0 Å². The molecule has 2 aliphatic heterocycles. The van der Waals surface area contributed by atoms with Gasteiger partial charge in [0.15, 0.2) is 17.7 Å². The number of carbonyl (C=O) groups is 1. The predicted octanol–water partition coefficient (Wildman–Crippen LogP) is 5.09. The van der Waals surface area contributed by atoms with Crippen LogP contribution in [0.2, 0.25) is 5.02 Å². The van der Waals surface area contributed by atoms with Gasteiger partial charge in [0.05, 0.1) is 25.0 Å². The highest BCUT2D eigenvalue weighted by molar-refractivity contribution is 6.30. The van der Waals surface area contributed by atoms with Crippen molar-refractivity contribution in [2.75, 3.05) is 30.0 Å². The molecule has 12 nitrogen and oxygen atoms in total. The number of ether oxygens (including phenoxy) is 2. The molecule has 244 valence electrons. The van der Waals surface area contributed by atoms with Crippen LogP contribution in [0.15, 0.2) is 70.8 Å². The fourth-order valence-corrected chi connectivity index (χ4v) is 5.75. The number of benzodiazepines with no additional fused rings is 1. The minimum Gasteiger partial charge on any atom is -0.504 e. The third kappa shape index (κ3) is 7.76. The van der Waals surface area contributed by atoms with Gasteiger partial charge in [-0.15, -0.1) is 4.91 Å². The first kappa shape index (κ1) is 33.1. The zero-order valence-electron chi connectivity index (χ0n) is 25.8. The van der Waals surface area contributed by atoms with Crippen molar-refractivity contribution >= 4 is 34.6 Å². The molecule has 46 heavy (non-hydrogen) atoms. The molecule has 5 rings (SSSR count). The second kappa shape index (κ2) is 14.5. The molecule has 1 saturated heterocycles. The summed E-state index contributed by atoms with van der Waals surface area (Å²) in [6, 6.07) is 16.7. The Morgan fingerprint density at radius 1 is 1.17 bits per heavy atom. The number of aromatic hydroxyl groups is 2. The lowest BCUT2D eigenvalue weighted by molar-refractivity contribution is -0.116. The number of epoxide rings is 1. The molecule has 0 aromatic heterocycles. The first-order valence-corrected chi connectivity index (χ1v) is 15.7. The molecule has 4 atom stereocenters. The van der Waals surface area contributed by atoms with E-state index < -0.39 is 24.1 Å². The second-order valence-corrected chi connectivity index (χ2v) is 11.9. The highest BCUT2D eigenvalue weighted by Gasteiger charge is 2.48. The van der Waals surface area contributed by atoms with Crippen molar-refractivity contribution < 1.29 is 24.5 Å². The van der Waals surface area contributed by atoms with Gasteiger partial charge in [0, 0.05) is 46.4 Å². The largest absolute Gasteiger partial charge is 0.504 e. The second-order valence-electron chi connectivity index (χ2n) is 11.4. The van der Waals surface area contributed by atoms with E-state index in [4.69, 9.17) is 31.8 Å². The number of nitrogens with one attached hydrogen (secondary N) is 2. The lowest BCUT2D eigenvalue weighted by atomic mass is 9.99. The molecular weight excluding hydrogens is 612 g/mol. The Kier molecular flexibility index (Phi) is 10.4. The van der Waals surface area contributed by atoms with Crippen molar-refractivity contribution in [3.63, 3.8) is 0 Å². The molecule has 0 aliphatic carbocycles. The van der Waals surface area contributed by atoms with E-state index in [2.05, 4.69) is 15.8 Å². The van der Waals surface area contributed by atoms with E-state index in [1.165, 1.54) is 18.2 Å². The highest BCUT2D eigenvalue weighted by Crippen LogP contribution is 2.38. The maximum atomic E-state index is 12.3. The summed E-state index contributed by atoms with van der Waals surface area (Å²) in [5.41, 5.74) is 9.70. The fraction of sp³-hybridized carbons (Fsp3) is 0.394. The molecule has 3 aromatic rings. The topological polar surface area (TPSA) is 174 Å². The number of phenolic OH excluding ortho intramolecular Hbond substituents is 2. The van der Waals surface area contributed by atoms with Crippen molar-refractivity contribution in [1.82, 2.24) is 5.32 Å². The quantitative estimate of drug-likeness (QED) is 0.0523. The Hall–Kier alpha value is -4.23. The Balaban J connectivity index is 1.35. The number of nitroso groups, excluding NO2 is 1. The van der Waals surface area contributed by atoms with Gasteiger partial charge in [-0.3, -0.25) is 15.1 Å². The SMILES string of the molecule is CCNC1(C[C@@H]2N=C(c3ccc(Cl)cc3)c3cc(OCCCCC(=O)Nc4ccc(O)c(O)c4)ccc3N(C(C)N=O)C2N)CO1. The van der Waals surface area contributed by atoms with Crippen molar-refractivity contribution in [2.45, 2.75) is 63.6 Å². The number of rotatable bonds is 14. The number of nitrogens with two attached hydrogens (primary N) is 1. The monoisotopic (exact) mass is 650 g/mol. The summed E-state index contributed by atoms with van der Waals surface area (Å²) in [4.78, 5) is 31.3. The van der Waals surface area contributed by atoms with Crippen LogP contribution in [-0.4, -0.2) is 65.7 Å². The molecule has 1 fully saturated rings. The molecule has 2 heterocycles. The molecule has 0 bridgehead atoms. The van der Waals surface area contributed by atoms with E-state index in [1.54, 1.807) is 24.0 Å². The van der Waals surface area contributed by atoms with Crippen LogP contribution in [0.1, 0.15) is 50.7 Å². The lowest BCUT2D eigenvalue weighted by Gasteiger charge is -2.36. The molecule has 6 N–H and O–H groups in total. The lowest BCUT2D eigenvalue weighted by Crippen LogP contribution is -2.54. The molecule has 13 heteroatoms. The van der Waals surface area contributed by atoms with Crippen LogP contribution in [0.5, 0.6) is 17.2 Å². The minimum absolute atomic E-state index is 0.213. The first-order chi connectivity index (χ1) is 22.1. The number of hydrogen-bond donors (Lipinski definition) is 5. The smallest absolute Gasteiger partial charge is 0.224 e. The number of unbranched alkanes of at least 4 members (excludes halogenated alkanes) is 1. The number of phenols is 2. The number of halogens is 1. The summed E-state index contributed by atoms with van der Waals surface area (Å²) in [6.45, 7) is 5.35. The summed E-state index contributed by atoms with van der Waals surface area (Å²) < 4.78 is 11.9. The third-order valence-electron chi connectivity index (χ3n) is 8.04. The summed E-state index contributed by atoms with van der Waals surface area (Å²) >= 11 is 6.22. The normalized spacial score (nSPS) is 21.0. The molecule has 3 unspecified atom stereocenters. The molecular formula is C33H39ClN6O6. The van der Waals surface area contributed by atoms with Gasteiger partial charge in [-0.1, -0.05) is 30.7 Å². The number of hydrogen-bond acceptors (Lipinski definition) is 11. The first-order valence-electron chi connectivity index (χ1n) is 15.3. The standard InChI is InChI=1S/C33H39ClN6O6/c1-3-36-33(19-46-33)18-26-32(35)40(20(2)39-44)27-13-12-24(17-25(27)31(38-26)21-7-9-22(34)10-8-21)45-15-5-4-6-30(43)37-23-11-14-28(41)29(42)16-23/h7-14,16-17,20,26,32,36,41-42H,3-6,15,18-19,35H2,1-2H3,(H,37,43)/t20?,26-,32?,33?/m0/s1. The van der Waals surface area contributed by atoms with Crippen LogP contribution >= 0.6 is 11.6 Å². The van der Waals surface area contributed by atoms with Gasteiger partial charge in [0.1, 0.15) is 17.6 Å². The van der Waals surface area contributed by atoms with Crippen molar-refractivity contribution in [2.24, 2.45) is 15.9 Å². The molecule has 1 amide bonds. The van der Waals surface area contributed by atoms with Crippen LogP contribution in [0, 0.1) is 4.91 Å². The number of amides is 1. The number of aliphatic imine (C=N–C) groups is 1. The van der Waals surface area contributed by atoms with Gasteiger partial charge >= 0.3 is 0 Å². The van der Waals surface area contributed by atoms with E-state index in [1.807, 2.05) is 37.3 Å². The van der Waals surface area contributed by atoms with E-state index >= 15 is 0 Å². The van der Waals surface area contributed by atoms with Gasteiger partial charge in [0.2, 0.25) is 5.91 Å². The average molecular weight is 651 g/mol. The molecule has 3 aromatic carbocycles. The minimum atomic E-state index is -0.769. The molecule has 2 aliphatic rings. The van der Waals surface area contributed by atoms with Crippen LogP contribution < -0.4 is 26.0 Å². The fourth-order valence-electron chi connectivity index (χ4n) is 5.62. The summed E-state index contributed by atoms with van der Waals surface area (Å²) in [5.74, 6) is -0.175. The van der Waals surface area contributed by atoms with Crippen molar-refractivity contribution in [3.05, 3.63) is 81.7 Å². The van der Waals surface area contributed by atoms with Crippen molar-refractivity contribution in [3.8, 4) is 17.2 Å². The number of nitrogens with zero attached hydrogens (tertiary/aromatic N) is 3. The molecule has 0 radical (unpaired) electrons. The number of likely N-dealkylation sites (N-methyl/N-ethyl adjacent to an activating group) is 1. The number of benzene rings is 3. The van der Waals surface area contributed by atoms with E-state index in [0.29, 0.717) is 60.3 Å². The number of carbonyl (C=O) groups excluding carboxylic acids is 1. The zero-order valence-corrected chi connectivity index (χ0v) is 26.5. The van der Waals surface area contributed by atoms with E-state index in [9.17, 15) is 19.9 Å². The maximum absolute atomic E-state index is 12.3. The van der Waals surface area contributed by atoms with Gasteiger partial charge in [-0.25, -0.2) is 0 Å². The summed E-state index contributed by atoms with van der Waals surface area (Å²) in [5, 5.41) is 29.1. The summed E-state index contributed by atoms with van der Waals surface area (Å²) in [7, 11) is 0. The van der Waals surface area contributed by atoms with Gasteiger partial charge < -0.3 is 35.6 Å². The Morgan fingerprint density at radius 2 is 1.93 bits per heavy atom. The van der Waals surface area contributed by atoms with Crippen LogP contribution in [0.3, 0.4) is 0 Å². The number of anilines is 2. The van der Waals surface area contributed by atoms with Crippen LogP contribution in [0.4, 0.5) is 11.4 Å². The Morgan fingerprint density at radius 3 is 2.61 bits per heavy atom. The Bertz CT molecular complexity index is 1580. The van der Waals surface area contributed by atoms with Gasteiger partial charge in [-0.2, -0.15) is 0 Å². The van der Waals surface area contributed by atoms with E-state index in [-0.39, 0.29) is 23.8 Å². The zero-order chi connectivity index (χ0) is 32.8. The van der Waals surface area contributed by atoms with Gasteiger partial charge in [-0.05, 0) is 74.0 Å². The maximum Gasteiger partial charge on any atom is 0.224 e. The molecule has 0 spiro atoms. The average Bonchev–Trinajstić information content (AvgIpc) is 3.82.